The molecular weight excluding hydrogens is 310 g/mol. The van der Waals surface area contributed by atoms with E-state index in [0.717, 1.165) is 28.9 Å². The normalized spacial score (nSPS) is 19.6. The Hall–Kier alpha value is -1.47. The molecule has 1 N–H and O–H groups in total. The van der Waals surface area contributed by atoms with Gasteiger partial charge in [-0.1, -0.05) is 0 Å². The molecule has 1 unspecified atom stereocenters. The van der Waals surface area contributed by atoms with Gasteiger partial charge in [0.15, 0.2) is 5.65 Å². The molecule has 1 saturated heterocycles. The number of fused-ring (bicyclic) bond motifs is 1. The summed E-state index contributed by atoms with van der Waals surface area (Å²) in [7, 11) is 1.83. The zero-order valence-electron chi connectivity index (χ0n) is 10.5. The Balaban J connectivity index is 1.75. The van der Waals surface area contributed by atoms with Crippen molar-refractivity contribution in [3.63, 3.8) is 0 Å². The largest absolute Gasteiger partial charge is 0.344 e. The maximum absolute atomic E-state index is 11.8. The zero-order chi connectivity index (χ0) is 13.4. The Labute approximate surface area is 119 Å². The van der Waals surface area contributed by atoms with Crippen LogP contribution in [0.5, 0.6) is 0 Å². The van der Waals surface area contributed by atoms with Gasteiger partial charge in [0.25, 0.3) is 0 Å². The number of halogens is 1. The highest BCUT2D eigenvalue weighted by atomic mass is 79.9. The standard InChI is InChI=1S/C12H14BrN5O/c1-17-3-2-9(12(17)19)14-4-8-5-16-11-6-15-10(13)7-18(8)11/h5-7,9,14H,2-4H2,1H3. The second-order valence-corrected chi connectivity index (χ2v) is 5.48. The highest BCUT2D eigenvalue weighted by Gasteiger charge is 2.28. The Bertz CT molecular complexity index is 626. The van der Waals surface area contributed by atoms with E-state index in [1.54, 1.807) is 17.3 Å². The Kier molecular flexibility index (Phi) is 3.24. The maximum atomic E-state index is 11.8. The summed E-state index contributed by atoms with van der Waals surface area (Å²) in [6.45, 7) is 1.43. The molecule has 1 aliphatic rings. The summed E-state index contributed by atoms with van der Waals surface area (Å²) in [5, 5.41) is 3.29. The average molecular weight is 324 g/mol. The van der Waals surface area contributed by atoms with E-state index in [0.29, 0.717) is 6.54 Å². The SMILES string of the molecule is CN1CCC(NCc2cnc3cnc(Br)cn23)C1=O. The number of aromatic nitrogens is 3. The van der Waals surface area contributed by atoms with E-state index >= 15 is 0 Å². The monoisotopic (exact) mass is 323 g/mol. The van der Waals surface area contributed by atoms with Crippen LogP contribution in [0.3, 0.4) is 0 Å². The van der Waals surface area contributed by atoms with Gasteiger partial charge in [-0.25, -0.2) is 9.97 Å². The highest BCUT2D eigenvalue weighted by molar-refractivity contribution is 9.10. The maximum Gasteiger partial charge on any atom is 0.239 e. The molecule has 1 fully saturated rings. The second-order valence-electron chi connectivity index (χ2n) is 4.67. The van der Waals surface area contributed by atoms with Crippen molar-refractivity contribution >= 4 is 27.5 Å². The Morgan fingerprint density at radius 1 is 1.47 bits per heavy atom. The van der Waals surface area contributed by atoms with Crippen LogP contribution < -0.4 is 5.32 Å². The fourth-order valence-corrected chi connectivity index (χ4v) is 2.59. The highest BCUT2D eigenvalue weighted by Crippen LogP contribution is 2.12. The number of carbonyl (C=O) groups excluding carboxylic acids is 1. The van der Waals surface area contributed by atoms with Crippen LogP contribution in [0.1, 0.15) is 12.1 Å². The summed E-state index contributed by atoms with van der Waals surface area (Å²) >= 11 is 3.35. The molecule has 0 aliphatic carbocycles. The first-order chi connectivity index (χ1) is 9.15. The summed E-state index contributed by atoms with van der Waals surface area (Å²) < 4.78 is 2.73. The molecule has 6 nitrogen and oxygen atoms in total. The molecule has 1 atom stereocenters. The van der Waals surface area contributed by atoms with E-state index in [1.807, 2.05) is 17.6 Å². The number of likely N-dealkylation sites (tertiary alicyclic amines) is 1. The van der Waals surface area contributed by atoms with Crippen LogP contribution >= 0.6 is 15.9 Å². The molecule has 3 heterocycles. The molecular formula is C12H14BrN5O. The zero-order valence-corrected chi connectivity index (χ0v) is 12.1. The van der Waals surface area contributed by atoms with Gasteiger partial charge >= 0.3 is 0 Å². The summed E-state index contributed by atoms with van der Waals surface area (Å²) in [6, 6.07) is -0.0826. The second kappa shape index (κ2) is 4.90. The van der Waals surface area contributed by atoms with Crippen molar-refractivity contribution < 1.29 is 4.79 Å². The van der Waals surface area contributed by atoms with Crippen molar-refractivity contribution in [2.24, 2.45) is 0 Å². The van der Waals surface area contributed by atoms with Gasteiger partial charge in [0.2, 0.25) is 5.91 Å². The van der Waals surface area contributed by atoms with Crippen molar-refractivity contribution in [1.29, 1.82) is 0 Å². The molecule has 7 heteroatoms. The molecule has 3 rings (SSSR count). The lowest BCUT2D eigenvalue weighted by molar-refractivity contribution is -0.128. The van der Waals surface area contributed by atoms with Crippen LogP contribution in [-0.2, 0) is 11.3 Å². The Morgan fingerprint density at radius 3 is 3.05 bits per heavy atom. The first-order valence-electron chi connectivity index (χ1n) is 6.11. The molecule has 1 amide bonds. The number of amides is 1. The molecule has 0 aromatic carbocycles. The van der Waals surface area contributed by atoms with E-state index < -0.39 is 0 Å². The van der Waals surface area contributed by atoms with E-state index in [9.17, 15) is 4.79 Å². The number of hydrogen-bond acceptors (Lipinski definition) is 4. The quantitative estimate of drug-likeness (QED) is 0.908. The molecule has 2 aromatic heterocycles. The third-order valence-corrected chi connectivity index (χ3v) is 3.81. The summed E-state index contributed by atoms with van der Waals surface area (Å²) in [6.07, 6.45) is 6.25. The lowest BCUT2D eigenvalue weighted by Crippen LogP contribution is -2.36. The minimum Gasteiger partial charge on any atom is -0.344 e. The van der Waals surface area contributed by atoms with Crippen molar-refractivity contribution in [1.82, 2.24) is 24.6 Å². The molecule has 0 bridgehead atoms. The molecule has 0 spiro atoms. The lowest BCUT2D eigenvalue weighted by Gasteiger charge is -2.11. The molecule has 1 aliphatic heterocycles. The fraction of sp³-hybridized carbons (Fsp3) is 0.417. The topological polar surface area (TPSA) is 62.5 Å². The predicted octanol–water partition coefficient (Wildman–Crippen LogP) is 0.812. The number of imidazole rings is 1. The van der Waals surface area contributed by atoms with Crippen LogP contribution in [0.15, 0.2) is 23.2 Å². The lowest BCUT2D eigenvalue weighted by atomic mass is 10.2. The van der Waals surface area contributed by atoms with E-state index in [-0.39, 0.29) is 11.9 Å². The van der Waals surface area contributed by atoms with E-state index in [4.69, 9.17) is 0 Å². The van der Waals surface area contributed by atoms with Crippen LogP contribution in [0.2, 0.25) is 0 Å². The first kappa shape index (κ1) is 12.6. The van der Waals surface area contributed by atoms with Gasteiger partial charge in [-0.2, -0.15) is 0 Å². The summed E-state index contributed by atoms with van der Waals surface area (Å²) in [5.74, 6) is 0.164. The van der Waals surface area contributed by atoms with Crippen LogP contribution in [0, 0.1) is 0 Å². The van der Waals surface area contributed by atoms with Gasteiger partial charge in [-0.15, -0.1) is 0 Å². The third-order valence-electron chi connectivity index (χ3n) is 3.40. The minimum absolute atomic E-state index is 0.0826. The number of rotatable bonds is 3. The molecule has 100 valence electrons. The fourth-order valence-electron chi connectivity index (χ4n) is 2.29. The number of likely N-dealkylation sites (N-methyl/N-ethyl adjacent to an activating group) is 1. The van der Waals surface area contributed by atoms with Gasteiger partial charge in [-0.3, -0.25) is 9.20 Å². The molecule has 0 radical (unpaired) electrons. The van der Waals surface area contributed by atoms with Crippen LogP contribution in [0.25, 0.3) is 5.65 Å². The predicted molar refractivity (Wildman–Crippen MR) is 73.6 cm³/mol. The number of hydrogen-bond donors (Lipinski definition) is 1. The van der Waals surface area contributed by atoms with Gasteiger partial charge in [0.05, 0.1) is 24.1 Å². The number of nitrogens with zero attached hydrogens (tertiary/aromatic N) is 4. The average Bonchev–Trinajstić information content (AvgIpc) is 2.93. The van der Waals surface area contributed by atoms with Gasteiger partial charge < -0.3 is 10.2 Å². The van der Waals surface area contributed by atoms with Crippen molar-refractivity contribution in [3.8, 4) is 0 Å². The van der Waals surface area contributed by atoms with Crippen molar-refractivity contribution in [2.75, 3.05) is 13.6 Å². The van der Waals surface area contributed by atoms with Crippen molar-refractivity contribution in [2.45, 2.75) is 19.0 Å². The smallest absolute Gasteiger partial charge is 0.239 e. The molecule has 2 aromatic rings. The van der Waals surface area contributed by atoms with Gasteiger partial charge in [-0.05, 0) is 22.4 Å². The van der Waals surface area contributed by atoms with Gasteiger partial charge in [0, 0.05) is 26.3 Å². The summed E-state index contributed by atoms with van der Waals surface area (Å²) in [5.41, 5.74) is 1.82. The molecule has 0 saturated carbocycles. The van der Waals surface area contributed by atoms with E-state index in [1.165, 1.54) is 0 Å². The number of carbonyl (C=O) groups is 1. The van der Waals surface area contributed by atoms with E-state index in [2.05, 4.69) is 31.2 Å². The van der Waals surface area contributed by atoms with Crippen LogP contribution in [-0.4, -0.2) is 44.8 Å². The first-order valence-corrected chi connectivity index (χ1v) is 6.90. The minimum atomic E-state index is -0.0826. The Morgan fingerprint density at radius 2 is 2.32 bits per heavy atom. The summed E-state index contributed by atoms with van der Waals surface area (Å²) in [4.78, 5) is 22.0. The van der Waals surface area contributed by atoms with Crippen LogP contribution in [0.4, 0.5) is 0 Å². The van der Waals surface area contributed by atoms with Gasteiger partial charge in [0.1, 0.15) is 4.60 Å². The molecule has 19 heavy (non-hydrogen) atoms. The van der Waals surface area contributed by atoms with Crippen molar-refractivity contribution in [3.05, 3.63) is 28.9 Å². The third kappa shape index (κ3) is 2.35. The number of nitrogens with one attached hydrogen (secondary N) is 1.